The Bertz CT molecular complexity index is 915. The van der Waals surface area contributed by atoms with E-state index in [4.69, 9.17) is 18.8 Å². The van der Waals surface area contributed by atoms with Crippen LogP contribution in [0.15, 0.2) is 35.9 Å². The zero-order valence-corrected chi connectivity index (χ0v) is 17.8. The molecule has 0 bridgehead atoms. The monoisotopic (exact) mass is 430 g/mol. The second kappa shape index (κ2) is 8.64. The highest BCUT2D eigenvalue weighted by Crippen LogP contribution is 2.36. The Kier molecular flexibility index (Phi) is 6.33. The van der Waals surface area contributed by atoms with Gasteiger partial charge in [0.05, 0.1) is 28.8 Å². The quantitative estimate of drug-likeness (QED) is 0.206. The smallest absolute Gasteiger partial charge is 0.462 e. The van der Waals surface area contributed by atoms with Crippen molar-refractivity contribution in [2.45, 2.75) is 45.3 Å². The molecule has 164 valence electrons. The van der Waals surface area contributed by atoms with E-state index in [1.165, 1.54) is 0 Å². The molecule has 0 N–H and O–H groups in total. The van der Waals surface area contributed by atoms with Crippen molar-refractivity contribution in [3.63, 3.8) is 0 Å². The number of hydrogen-bond acceptors (Lipinski definition) is 9. The standard InChI is InChI=1S/C21H23BO9/c1-20(2)21(3,4)31-22(30-20)15-7-5-13(6-8-15)18(25)28-10-9-27-16(23)11-14-12-17(24)29-19(14)26/h5-8,12H,9-11H2,1-4H3. The molecule has 2 aliphatic rings. The van der Waals surface area contributed by atoms with Gasteiger partial charge < -0.3 is 23.5 Å². The fourth-order valence-electron chi connectivity index (χ4n) is 2.85. The number of esters is 4. The minimum atomic E-state index is -0.864. The molecule has 10 heteroatoms. The summed E-state index contributed by atoms with van der Waals surface area (Å²) in [5, 5.41) is 0. The normalized spacial score (nSPS) is 19.1. The third-order valence-electron chi connectivity index (χ3n) is 5.33. The van der Waals surface area contributed by atoms with Gasteiger partial charge in [-0.25, -0.2) is 14.4 Å². The number of rotatable bonds is 7. The van der Waals surface area contributed by atoms with Crippen LogP contribution in [0, 0.1) is 0 Å². The van der Waals surface area contributed by atoms with E-state index in [1.54, 1.807) is 24.3 Å². The van der Waals surface area contributed by atoms with Crippen LogP contribution in [0.4, 0.5) is 0 Å². The Morgan fingerprint density at radius 1 is 0.935 bits per heavy atom. The van der Waals surface area contributed by atoms with Gasteiger partial charge in [-0.2, -0.15) is 0 Å². The van der Waals surface area contributed by atoms with Crippen LogP contribution in [0.2, 0.25) is 0 Å². The van der Waals surface area contributed by atoms with Crippen LogP contribution >= 0.6 is 0 Å². The third kappa shape index (κ3) is 5.20. The second-order valence-corrected chi connectivity index (χ2v) is 8.12. The molecule has 3 rings (SSSR count). The highest BCUT2D eigenvalue weighted by atomic mass is 16.7. The molecule has 1 fully saturated rings. The van der Waals surface area contributed by atoms with Crippen molar-refractivity contribution in [3.8, 4) is 0 Å². The van der Waals surface area contributed by atoms with Crippen LogP contribution in [0.1, 0.15) is 44.5 Å². The Hall–Kier alpha value is -2.98. The summed E-state index contributed by atoms with van der Waals surface area (Å²) in [5.74, 6) is -2.99. The van der Waals surface area contributed by atoms with Crippen molar-refractivity contribution >= 4 is 36.5 Å². The molecule has 0 amide bonds. The first-order chi connectivity index (χ1) is 14.5. The van der Waals surface area contributed by atoms with Gasteiger partial charge in [0.1, 0.15) is 13.2 Å². The molecule has 9 nitrogen and oxygen atoms in total. The van der Waals surface area contributed by atoms with Gasteiger partial charge in [0, 0.05) is 6.08 Å². The lowest BCUT2D eigenvalue weighted by molar-refractivity contribution is -0.152. The van der Waals surface area contributed by atoms with Crippen LogP contribution < -0.4 is 5.46 Å². The predicted molar refractivity (Wildman–Crippen MR) is 107 cm³/mol. The molecule has 0 spiro atoms. The van der Waals surface area contributed by atoms with Gasteiger partial charge >= 0.3 is 31.0 Å². The average molecular weight is 430 g/mol. The van der Waals surface area contributed by atoms with E-state index in [2.05, 4.69) is 4.74 Å². The molecule has 0 unspecified atom stereocenters. The summed E-state index contributed by atoms with van der Waals surface area (Å²) in [5.41, 5.74) is 0.105. The van der Waals surface area contributed by atoms with Crippen LogP contribution in [-0.4, -0.2) is 55.4 Å². The number of hydrogen-bond donors (Lipinski definition) is 0. The zero-order valence-electron chi connectivity index (χ0n) is 17.8. The summed E-state index contributed by atoms with van der Waals surface area (Å²) in [6.45, 7) is 7.49. The van der Waals surface area contributed by atoms with E-state index >= 15 is 0 Å². The molecule has 2 heterocycles. The van der Waals surface area contributed by atoms with Crippen molar-refractivity contribution in [2.24, 2.45) is 0 Å². The zero-order chi connectivity index (χ0) is 22.8. The van der Waals surface area contributed by atoms with Gasteiger partial charge in [0.25, 0.3) is 0 Å². The predicted octanol–water partition coefficient (Wildman–Crippen LogP) is 1.09. The SMILES string of the molecule is CC1(C)OB(c2ccc(C(=O)OCCOC(=O)CC3=CC(=O)OC3=O)cc2)OC1(C)C. The first-order valence-electron chi connectivity index (χ1n) is 9.73. The molecule has 1 aromatic carbocycles. The van der Waals surface area contributed by atoms with Crippen LogP contribution in [-0.2, 0) is 37.9 Å². The number of ether oxygens (including phenoxy) is 3. The van der Waals surface area contributed by atoms with Crippen LogP contribution in [0.25, 0.3) is 0 Å². The van der Waals surface area contributed by atoms with Gasteiger partial charge in [0.15, 0.2) is 0 Å². The van der Waals surface area contributed by atoms with Crippen molar-refractivity contribution in [3.05, 3.63) is 41.5 Å². The van der Waals surface area contributed by atoms with E-state index in [0.29, 0.717) is 5.56 Å². The van der Waals surface area contributed by atoms with Crippen molar-refractivity contribution in [2.75, 3.05) is 13.2 Å². The fourth-order valence-corrected chi connectivity index (χ4v) is 2.85. The maximum Gasteiger partial charge on any atom is 0.494 e. The third-order valence-corrected chi connectivity index (χ3v) is 5.33. The second-order valence-electron chi connectivity index (χ2n) is 8.12. The number of cyclic esters (lactones) is 2. The summed E-state index contributed by atoms with van der Waals surface area (Å²) < 4.78 is 26.2. The van der Waals surface area contributed by atoms with Gasteiger partial charge in [-0.15, -0.1) is 0 Å². The Labute approximate surface area is 179 Å². The molecule has 1 saturated heterocycles. The summed E-state index contributed by atoms with van der Waals surface area (Å²) >= 11 is 0. The molecule has 0 aliphatic carbocycles. The highest BCUT2D eigenvalue weighted by Gasteiger charge is 2.51. The van der Waals surface area contributed by atoms with Gasteiger partial charge in [-0.05, 0) is 45.3 Å². The van der Waals surface area contributed by atoms with E-state index in [-0.39, 0.29) is 25.2 Å². The van der Waals surface area contributed by atoms with Crippen molar-refractivity contribution < 1.29 is 42.7 Å². The maximum atomic E-state index is 12.2. The van der Waals surface area contributed by atoms with Gasteiger partial charge in [0.2, 0.25) is 0 Å². The average Bonchev–Trinajstić information content (AvgIpc) is 3.12. The Morgan fingerprint density at radius 2 is 1.52 bits per heavy atom. The lowest BCUT2D eigenvalue weighted by Crippen LogP contribution is -2.41. The molecule has 0 saturated carbocycles. The first-order valence-corrected chi connectivity index (χ1v) is 9.73. The minimum absolute atomic E-state index is 0.0749. The van der Waals surface area contributed by atoms with Crippen LogP contribution in [0.3, 0.4) is 0 Å². The number of benzene rings is 1. The molecule has 31 heavy (non-hydrogen) atoms. The molecule has 0 radical (unpaired) electrons. The van der Waals surface area contributed by atoms with Gasteiger partial charge in [-0.1, -0.05) is 12.1 Å². The number of carbonyl (C=O) groups is 4. The summed E-state index contributed by atoms with van der Waals surface area (Å²) in [4.78, 5) is 46.0. The van der Waals surface area contributed by atoms with E-state index in [0.717, 1.165) is 11.5 Å². The Morgan fingerprint density at radius 3 is 2.06 bits per heavy atom. The summed E-state index contributed by atoms with van der Waals surface area (Å²) in [7, 11) is -0.531. The van der Waals surface area contributed by atoms with Crippen molar-refractivity contribution in [1.29, 1.82) is 0 Å². The lowest BCUT2D eigenvalue weighted by atomic mass is 9.79. The maximum absolute atomic E-state index is 12.2. The van der Waals surface area contributed by atoms with Crippen LogP contribution in [0.5, 0.6) is 0 Å². The lowest BCUT2D eigenvalue weighted by Gasteiger charge is -2.32. The van der Waals surface area contributed by atoms with E-state index in [1.807, 2.05) is 27.7 Å². The number of carbonyl (C=O) groups excluding carboxylic acids is 4. The molecule has 1 aromatic rings. The molecule has 2 aliphatic heterocycles. The summed E-state index contributed by atoms with van der Waals surface area (Å²) in [6.07, 6.45) is 0.551. The largest absolute Gasteiger partial charge is 0.494 e. The van der Waals surface area contributed by atoms with E-state index < -0.39 is 42.2 Å². The molecule has 0 aromatic heterocycles. The fraction of sp³-hybridized carbons (Fsp3) is 0.429. The highest BCUT2D eigenvalue weighted by molar-refractivity contribution is 6.62. The van der Waals surface area contributed by atoms with Crippen molar-refractivity contribution in [1.82, 2.24) is 0 Å². The molecule has 0 atom stereocenters. The summed E-state index contributed by atoms with van der Waals surface area (Å²) in [6, 6.07) is 6.66. The van der Waals surface area contributed by atoms with Gasteiger partial charge in [-0.3, -0.25) is 4.79 Å². The molecular weight excluding hydrogens is 407 g/mol. The Balaban J connectivity index is 1.43. The van der Waals surface area contributed by atoms with E-state index in [9.17, 15) is 19.2 Å². The first kappa shape index (κ1) is 22.7. The topological polar surface area (TPSA) is 114 Å². The minimum Gasteiger partial charge on any atom is -0.462 e. The molecular formula is C21H23BO9.